The van der Waals surface area contributed by atoms with E-state index in [-0.39, 0.29) is 5.97 Å². The molecule has 0 fully saturated rings. The lowest BCUT2D eigenvalue weighted by Gasteiger charge is -2.10. The van der Waals surface area contributed by atoms with Crippen molar-refractivity contribution in [3.05, 3.63) is 11.3 Å². The average molecular weight is 368 g/mol. The molecule has 0 rings (SSSR count). The first kappa shape index (κ1) is 25.0. The Morgan fingerprint density at radius 2 is 1.12 bits per heavy atom. The molecule has 154 valence electrons. The smallest absolute Gasteiger partial charge is 0.335 e. The van der Waals surface area contributed by atoms with Crippen LogP contribution in [0, 0.1) is 0 Å². The number of ether oxygens (including phenoxy) is 1. The van der Waals surface area contributed by atoms with Gasteiger partial charge in [-0.3, -0.25) is 0 Å². The molecule has 0 aliphatic heterocycles. The second-order valence-corrected chi connectivity index (χ2v) is 7.49. The van der Waals surface area contributed by atoms with Crippen molar-refractivity contribution in [3.63, 3.8) is 0 Å². The average Bonchev–Trinajstić information content (AvgIpc) is 2.64. The van der Waals surface area contributed by atoms with Crippen LogP contribution in [0.1, 0.15) is 118 Å². The molecule has 3 nitrogen and oxygen atoms in total. The monoisotopic (exact) mass is 367 g/mol. The number of esters is 1. The Balaban J connectivity index is 3.36. The van der Waals surface area contributed by atoms with Crippen molar-refractivity contribution in [2.45, 2.75) is 118 Å². The maximum atomic E-state index is 11.6. The van der Waals surface area contributed by atoms with Crippen molar-refractivity contribution in [1.82, 2.24) is 5.32 Å². The van der Waals surface area contributed by atoms with Gasteiger partial charge in [-0.05, 0) is 27.2 Å². The summed E-state index contributed by atoms with van der Waals surface area (Å²) in [5, 5.41) is 3.34. The molecule has 0 spiro atoms. The van der Waals surface area contributed by atoms with Crippen LogP contribution < -0.4 is 5.32 Å². The van der Waals surface area contributed by atoms with E-state index in [0.717, 1.165) is 12.2 Å². The molecule has 0 radical (unpaired) electrons. The molecule has 0 heterocycles. The van der Waals surface area contributed by atoms with Crippen LogP contribution >= 0.6 is 0 Å². The number of nitrogens with one attached hydrogen (secondary N) is 1. The highest BCUT2D eigenvalue weighted by Gasteiger charge is 2.07. The van der Waals surface area contributed by atoms with E-state index in [2.05, 4.69) is 12.2 Å². The minimum Gasteiger partial charge on any atom is -0.463 e. The molecular formula is C23H45NO2. The highest BCUT2D eigenvalue weighted by atomic mass is 16.5. The quantitative estimate of drug-likeness (QED) is 0.162. The van der Waals surface area contributed by atoms with Gasteiger partial charge in [0.15, 0.2) is 0 Å². The van der Waals surface area contributed by atoms with Gasteiger partial charge in [-0.1, -0.05) is 90.4 Å². The Labute approximate surface area is 163 Å². The number of carbonyl (C=O) groups is 1. The van der Waals surface area contributed by atoms with Gasteiger partial charge >= 0.3 is 5.97 Å². The summed E-state index contributed by atoms with van der Waals surface area (Å²) in [4.78, 5) is 11.6. The number of hydrogen-bond donors (Lipinski definition) is 1. The lowest BCUT2D eigenvalue weighted by Crippen LogP contribution is -2.18. The van der Waals surface area contributed by atoms with E-state index in [4.69, 9.17) is 4.74 Å². The maximum absolute atomic E-state index is 11.6. The molecule has 0 aromatic heterocycles. The Hall–Kier alpha value is -0.990. The Kier molecular flexibility index (Phi) is 18.1. The summed E-state index contributed by atoms with van der Waals surface area (Å²) >= 11 is 0. The highest BCUT2D eigenvalue weighted by molar-refractivity contribution is 5.88. The van der Waals surface area contributed by atoms with Crippen LogP contribution in [0.5, 0.6) is 0 Å². The molecule has 0 aliphatic rings. The van der Waals surface area contributed by atoms with Crippen molar-refractivity contribution in [2.24, 2.45) is 0 Å². The standard InChI is InChI=1S/C23H45NO2/c1-5-7-8-9-10-11-12-13-14-15-16-17-18-19-20-24-22(4)21(3)23(25)26-6-2/h24H,5-20H2,1-4H3. The Morgan fingerprint density at radius 3 is 1.54 bits per heavy atom. The van der Waals surface area contributed by atoms with E-state index < -0.39 is 0 Å². The van der Waals surface area contributed by atoms with Crippen LogP contribution in [0.4, 0.5) is 0 Å². The van der Waals surface area contributed by atoms with Crippen molar-refractivity contribution in [1.29, 1.82) is 0 Å². The van der Waals surface area contributed by atoms with Crippen molar-refractivity contribution >= 4 is 5.97 Å². The van der Waals surface area contributed by atoms with E-state index in [0.29, 0.717) is 12.2 Å². The van der Waals surface area contributed by atoms with Gasteiger partial charge in [-0.25, -0.2) is 4.79 Å². The van der Waals surface area contributed by atoms with E-state index in [1.807, 2.05) is 20.8 Å². The van der Waals surface area contributed by atoms with Crippen molar-refractivity contribution < 1.29 is 9.53 Å². The highest BCUT2D eigenvalue weighted by Crippen LogP contribution is 2.13. The molecule has 0 aliphatic carbocycles. The second kappa shape index (κ2) is 18.8. The first-order valence-corrected chi connectivity index (χ1v) is 11.2. The SMILES string of the molecule is CCCCCCCCCCCCCCCCNC(C)=C(C)C(=O)OCC. The summed E-state index contributed by atoms with van der Waals surface area (Å²) in [6.07, 6.45) is 19.3. The molecule has 26 heavy (non-hydrogen) atoms. The summed E-state index contributed by atoms with van der Waals surface area (Å²) in [6.45, 7) is 9.27. The summed E-state index contributed by atoms with van der Waals surface area (Å²) in [5.41, 5.74) is 1.63. The van der Waals surface area contributed by atoms with Crippen LogP contribution in [-0.4, -0.2) is 19.1 Å². The molecular weight excluding hydrogens is 322 g/mol. The van der Waals surface area contributed by atoms with Gasteiger partial charge in [0, 0.05) is 12.2 Å². The molecule has 3 heteroatoms. The zero-order chi connectivity index (χ0) is 19.5. The Bertz CT molecular complexity index is 363. The summed E-state index contributed by atoms with van der Waals surface area (Å²) in [7, 11) is 0. The molecule has 0 atom stereocenters. The van der Waals surface area contributed by atoms with E-state index in [9.17, 15) is 4.79 Å². The third kappa shape index (κ3) is 15.3. The van der Waals surface area contributed by atoms with Crippen LogP contribution in [0.2, 0.25) is 0 Å². The van der Waals surface area contributed by atoms with Crippen LogP contribution in [0.15, 0.2) is 11.3 Å². The molecule has 0 saturated carbocycles. The fourth-order valence-corrected chi connectivity index (χ4v) is 3.12. The third-order valence-corrected chi connectivity index (χ3v) is 5.06. The minimum absolute atomic E-state index is 0.210. The summed E-state index contributed by atoms with van der Waals surface area (Å²) in [5.74, 6) is -0.210. The topological polar surface area (TPSA) is 38.3 Å². The zero-order valence-electron chi connectivity index (χ0n) is 18.1. The largest absolute Gasteiger partial charge is 0.463 e. The molecule has 0 unspecified atom stereocenters. The predicted molar refractivity (Wildman–Crippen MR) is 113 cm³/mol. The summed E-state index contributed by atoms with van der Waals surface area (Å²) < 4.78 is 5.02. The maximum Gasteiger partial charge on any atom is 0.335 e. The molecule has 0 saturated heterocycles. The lowest BCUT2D eigenvalue weighted by molar-refractivity contribution is -0.138. The van der Waals surface area contributed by atoms with Crippen molar-refractivity contribution in [2.75, 3.05) is 13.2 Å². The number of allylic oxidation sites excluding steroid dienone is 1. The molecule has 0 aromatic rings. The Morgan fingerprint density at radius 1 is 0.692 bits per heavy atom. The number of rotatable bonds is 18. The fraction of sp³-hybridized carbons (Fsp3) is 0.870. The number of unbranched alkanes of at least 4 members (excludes halogenated alkanes) is 13. The van der Waals surface area contributed by atoms with Crippen LogP contribution in [0.3, 0.4) is 0 Å². The normalized spacial score (nSPS) is 12.0. The van der Waals surface area contributed by atoms with Gasteiger partial charge in [0.25, 0.3) is 0 Å². The zero-order valence-corrected chi connectivity index (χ0v) is 18.1. The van der Waals surface area contributed by atoms with Gasteiger partial charge in [0.1, 0.15) is 0 Å². The number of carbonyl (C=O) groups excluding carboxylic acids is 1. The van der Waals surface area contributed by atoms with E-state index in [1.54, 1.807) is 0 Å². The minimum atomic E-state index is -0.210. The van der Waals surface area contributed by atoms with Gasteiger partial charge < -0.3 is 10.1 Å². The summed E-state index contributed by atoms with van der Waals surface area (Å²) in [6, 6.07) is 0. The van der Waals surface area contributed by atoms with Gasteiger partial charge in [-0.2, -0.15) is 0 Å². The van der Waals surface area contributed by atoms with Gasteiger partial charge in [0.05, 0.1) is 12.2 Å². The third-order valence-electron chi connectivity index (χ3n) is 5.06. The first-order chi connectivity index (χ1) is 12.6. The van der Waals surface area contributed by atoms with Gasteiger partial charge in [0.2, 0.25) is 0 Å². The first-order valence-electron chi connectivity index (χ1n) is 11.2. The molecule has 0 bridgehead atoms. The molecule has 1 N–H and O–H groups in total. The van der Waals surface area contributed by atoms with Crippen LogP contribution in [0.25, 0.3) is 0 Å². The second-order valence-electron chi connectivity index (χ2n) is 7.49. The number of hydrogen-bond acceptors (Lipinski definition) is 3. The van der Waals surface area contributed by atoms with Gasteiger partial charge in [-0.15, -0.1) is 0 Å². The predicted octanol–water partition coefficient (Wildman–Crippen LogP) is 6.91. The fourth-order valence-electron chi connectivity index (χ4n) is 3.12. The van der Waals surface area contributed by atoms with Crippen LogP contribution in [-0.2, 0) is 9.53 Å². The van der Waals surface area contributed by atoms with E-state index in [1.165, 1.54) is 89.9 Å². The molecule has 0 aromatic carbocycles. The lowest BCUT2D eigenvalue weighted by atomic mass is 10.0. The van der Waals surface area contributed by atoms with Crippen molar-refractivity contribution in [3.8, 4) is 0 Å². The van der Waals surface area contributed by atoms with E-state index >= 15 is 0 Å². The molecule has 0 amide bonds.